The summed E-state index contributed by atoms with van der Waals surface area (Å²) in [5, 5.41) is 4.05. The molecule has 1 heterocycles. The summed E-state index contributed by atoms with van der Waals surface area (Å²) in [5.41, 5.74) is 1.75. The SMILES string of the molecule is COc1cc(-c2nc(-c3cccc(OCc4ccc(F)c(F)c4)c3)no2)cc(OC)c1OC. The van der Waals surface area contributed by atoms with Crippen molar-refractivity contribution in [3.8, 4) is 45.8 Å². The van der Waals surface area contributed by atoms with Crippen LogP contribution in [-0.4, -0.2) is 31.5 Å². The molecule has 0 unspecified atom stereocenters. The molecule has 0 saturated heterocycles. The molecule has 0 aliphatic carbocycles. The second-order valence-electron chi connectivity index (χ2n) is 6.90. The molecule has 0 bridgehead atoms. The topological polar surface area (TPSA) is 75.8 Å². The highest BCUT2D eigenvalue weighted by atomic mass is 19.2. The highest BCUT2D eigenvalue weighted by molar-refractivity contribution is 5.67. The van der Waals surface area contributed by atoms with Gasteiger partial charge in [0.05, 0.1) is 21.3 Å². The number of nitrogens with zero attached hydrogens (tertiary/aromatic N) is 2. The summed E-state index contributed by atoms with van der Waals surface area (Å²) < 4.78 is 53.7. The van der Waals surface area contributed by atoms with Gasteiger partial charge in [-0.3, -0.25) is 0 Å². The van der Waals surface area contributed by atoms with Gasteiger partial charge in [0.15, 0.2) is 23.1 Å². The van der Waals surface area contributed by atoms with Crippen LogP contribution in [0, 0.1) is 11.6 Å². The molecule has 33 heavy (non-hydrogen) atoms. The van der Waals surface area contributed by atoms with Gasteiger partial charge in [0, 0.05) is 11.1 Å². The van der Waals surface area contributed by atoms with E-state index in [1.807, 2.05) is 0 Å². The van der Waals surface area contributed by atoms with Gasteiger partial charge >= 0.3 is 0 Å². The zero-order valence-corrected chi connectivity index (χ0v) is 18.1. The molecule has 9 heteroatoms. The number of halogens is 2. The van der Waals surface area contributed by atoms with Gasteiger partial charge in [-0.25, -0.2) is 8.78 Å². The third kappa shape index (κ3) is 4.72. The van der Waals surface area contributed by atoms with Crippen LogP contribution in [0.1, 0.15) is 5.56 Å². The Labute approximate surface area is 188 Å². The van der Waals surface area contributed by atoms with Crippen LogP contribution in [0.2, 0.25) is 0 Å². The predicted octanol–water partition coefficient (Wildman–Crippen LogP) is 5.29. The summed E-state index contributed by atoms with van der Waals surface area (Å²) in [6.07, 6.45) is 0. The fourth-order valence-corrected chi connectivity index (χ4v) is 3.18. The predicted molar refractivity (Wildman–Crippen MR) is 116 cm³/mol. The lowest BCUT2D eigenvalue weighted by Crippen LogP contribution is -1.97. The van der Waals surface area contributed by atoms with E-state index in [-0.39, 0.29) is 12.5 Å². The Bertz CT molecular complexity index is 1250. The average molecular weight is 454 g/mol. The maximum Gasteiger partial charge on any atom is 0.258 e. The third-order valence-electron chi connectivity index (χ3n) is 4.82. The highest BCUT2D eigenvalue weighted by Crippen LogP contribution is 2.41. The smallest absolute Gasteiger partial charge is 0.258 e. The Kier molecular flexibility index (Phi) is 6.39. The molecule has 170 valence electrons. The van der Waals surface area contributed by atoms with Crippen molar-refractivity contribution in [3.05, 3.63) is 71.8 Å². The van der Waals surface area contributed by atoms with Crippen molar-refractivity contribution >= 4 is 0 Å². The van der Waals surface area contributed by atoms with E-state index in [4.69, 9.17) is 23.5 Å². The van der Waals surface area contributed by atoms with Crippen LogP contribution >= 0.6 is 0 Å². The first-order valence-electron chi connectivity index (χ1n) is 9.83. The Morgan fingerprint density at radius 3 is 2.24 bits per heavy atom. The van der Waals surface area contributed by atoms with Crippen LogP contribution in [0.15, 0.2) is 59.1 Å². The number of aromatic nitrogens is 2. The molecule has 0 aliphatic heterocycles. The summed E-state index contributed by atoms with van der Waals surface area (Å²) in [6.45, 7) is 0.0730. The lowest BCUT2D eigenvalue weighted by molar-refractivity contribution is 0.305. The van der Waals surface area contributed by atoms with Crippen molar-refractivity contribution in [2.45, 2.75) is 6.61 Å². The second kappa shape index (κ2) is 9.56. The number of benzene rings is 3. The van der Waals surface area contributed by atoms with E-state index in [0.717, 1.165) is 12.1 Å². The molecule has 0 spiro atoms. The maximum absolute atomic E-state index is 13.4. The summed E-state index contributed by atoms with van der Waals surface area (Å²) in [5.74, 6) is 0.662. The highest BCUT2D eigenvalue weighted by Gasteiger charge is 2.18. The van der Waals surface area contributed by atoms with Crippen molar-refractivity contribution in [1.29, 1.82) is 0 Å². The van der Waals surface area contributed by atoms with Gasteiger partial charge in [0.25, 0.3) is 5.89 Å². The van der Waals surface area contributed by atoms with Gasteiger partial charge in [-0.2, -0.15) is 4.98 Å². The van der Waals surface area contributed by atoms with Gasteiger partial charge in [0.1, 0.15) is 12.4 Å². The fraction of sp³-hybridized carbons (Fsp3) is 0.167. The van der Waals surface area contributed by atoms with Crippen LogP contribution < -0.4 is 18.9 Å². The van der Waals surface area contributed by atoms with E-state index in [1.165, 1.54) is 27.4 Å². The van der Waals surface area contributed by atoms with E-state index >= 15 is 0 Å². The van der Waals surface area contributed by atoms with Gasteiger partial charge in [-0.15, -0.1) is 0 Å². The Balaban J connectivity index is 1.56. The average Bonchev–Trinajstić information content (AvgIpc) is 3.34. The lowest BCUT2D eigenvalue weighted by atomic mass is 10.1. The van der Waals surface area contributed by atoms with Crippen LogP contribution in [-0.2, 0) is 6.61 Å². The molecule has 4 aromatic rings. The van der Waals surface area contributed by atoms with E-state index in [2.05, 4.69) is 10.1 Å². The van der Waals surface area contributed by atoms with Gasteiger partial charge in [-0.05, 0) is 42.0 Å². The Morgan fingerprint density at radius 2 is 1.58 bits per heavy atom. The van der Waals surface area contributed by atoms with E-state index in [0.29, 0.717) is 45.5 Å². The summed E-state index contributed by atoms with van der Waals surface area (Å²) in [6, 6.07) is 14.1. The molecule has 0 aliphatic rings. The van der Waals surface area contributed by atoms with E-state index < -0.39 is 11.6 Å². The maximum atomic E-state index is 13.4. The Morgan fingerprint density at radius 1 is 0.818 bits per heavy atom. The number of methoxy groups -OCH3 is 3. The van der Waals surface area contributed by atoms with Crippen molar-refractivity contribution in [1.82, 2.24) is 10.1 Å². The lowest BCUT2D eigenvalue weighted by Gasteiger charge is -2.12. The van der Waals surface area contributed by atoms with Gasteiger partial charge in [0.2, 0.25) is 11.6 Å². The molecule has 0 atom stereocenters. The van der Waals surface area contributed by atoms with Gasteiger partial charge in [-0.1, -0.05) is 23.4 Å². The first kappa shape index (κ1) is 22.1. The minimum absolute atomic E-state index is 0.0730. The van der Waals surface area contributed by atoms with Crippen LogP contribution in [0.25, 0.3) is 22.8 Å². The molecular weight excluding hydrogens is 434 g/mol. The van der Waals surface area contributed by atoms with Crippen LogP contribution in [0.3, 0.4) is 0 Å². The zero-order chi connectivity index (χ0) is 23.4. The molecular formula is C24H20F2N2O5. The van der Waals surface area contributed by atoms with Crippen molar-refractivity contribution in [2.24, 2.45) is 0 Å². The monoisotopic (exact) mass is 454 g/mol. The van der Waals surface area contributed by atoms with E-state index in [1.54, 1.807) is 36.4 Å². The molecule has 0 saturated carbocycles. The first-order chi connectivity index (χ1) is 16.0. The fourth-order valence-electron chi connectivity index (χ4n) is 3.18. The first-order valence-corrected chi connectivity index (χ1v) is 9.83. The minimum atomic E-state index is -0.920. The summed E-state index contributed by atoms with van der Waals surface area (Å²) in [7, 11) is 4.56. The second-order valence-corrected chi connectivity index (χ2v) is 6.90. The number of hydrogen-bond donors (Lipinski definition) is 0. The van der Waals surface area contributed by atoms with Crippen molar-refractivity contribution < 1.29 is 32.3 Å². The molecule has 1 aromatic heterocycles. The quantitative estimate of drug-likeness (QED) is 0.358. The van der Waals surface area contributed by atoms with Gasteiger partial charge < -0.3 is 23.5 Å². The Hall–Kier alpha value is -4.14. The standard InChI is InChI=1S/C24H20F2N2O5/c1-29-20-11-16(12-21(30-2)22(20)31-3)24-27-23(28-33-24)15-5-4-6-17(10-15)32-13-14-7-8-18(25)19(26)9-14/h4-12H,13H2,1-3H3. The van der Waals surface area contributed by atoms with Crippen LogP contribution in [0.4, 0.5) is 8.78 Å². The summed E-state index contributed by atoms with van der Waals surface area (Å²) >= 11 is 0. The molecule has 0 fully saturated rings. The number of rotatable bonds is 8. The van der Waals surface area contributed by atoms with E-state index in [9.17, 15) is 8.78 Å². The molecule has 0 N–H and O–H groups in total. The third-order valence-corrected chi connectivity index (χ3v) is 4.82. The van der Waals surface area contributed by atoms with Crippen molar-refractivity contribution in [2.75, 3.05) is 21.3 Å². The molecule has 0 amide bonds. The molecule has 3 aromatic carbocycles. The molecule has 0 radical (unpaired) electrons. The summed E-state index contributed by atoms with van der Waals surface area (Å²) in [4.78, 5) is 4.46. The minimum Gasteiger partial charge on any atom is -0.493 e. The zero-order valence-electron chi connectivity index (χ0n) is 18.1. The largest absolute Gasteiger partial charge is 0.493 e. The number of ether oxygens (including phenoxy) is 4. The van der Waals surface area contributed by atoms with Crippen molar-refractivity contribution in [3.63, 3.8) is 0 Å². The normalized spacial score (nSPS) is 10.7. The molecule has 4 rings (SSSR count). The molecule has 7 nitrogen and oxygen atoms in total. The number of hydrogen-bond acceptors (Lipinski definition) is 7. The van der Waals surface area contributed by atoms with Crippen LogP contribution in [0.5, 0.6) is 23.0 Å².